The van der Waals surface area contributed by atoms with E-state index < -0.39 is 0 Å². The van der Waals surface area contributed by atoms with Crippen molar-refractivity contribution in [1.29, 1.82) is 0 Å². The molecule has 1 aromatic rings. The lowest BCUT2D eigenvalue weighted by molar-refractivity contribution is 0.354. The van der Waals surface area contributed by atoms with Gasteiger partial charge in [-0.2, -0.15) is 0 Å². The van der Waals surface area contributed by atoms with Gasteiger partial charge in [0.2, 0.25) is 0 Å². The van der Waals surface area contributed by atoms with Crippen LogP contribution in [0.5, 0.6) is 11.5 Å². The second-order valence-corrected chi connectivity index (χ2v) is 3.42. The first-order valence-corrected chi connectivity index (χ1v) is 4.65. The molecule has 1 atom stereocenters. The molecule has 2 N–H and O–H groups in total. The van der Waals surface area contributed by atoms with E-state index in [9.17, 15) is 0 Å². The van der Waals surface area contributed by atoms with Gasteiger partial charge in [0, 0.05) is 17.1 Å². The summed E-state index contributed by atoms with van der Waals surface area (Å²) in [6.07, 6.45) is 0. The number of benzene rings is 1. The highest BCUT2D eigenvalue weighted by Gasteiger charge is 2.11. The van der Waals surface area contributed by atoms with Gasteiger partial charge in [0.05, 0.1) is 14.2 Å². The monoisotopic (exact) mass is 215 g/mol. The van der Waals surface area contributed by atoms with Crippen LogP contribution < -0.4 is 15.2 Å². The Morgan fingerprint density at radius 1 is 1.21 bits per heavy atom. The van der Waals surface area contributed by atoms with E-state index in [1.165, 1.54) is 0 Å². The third kappa shape index (κ3) is 2.11. The first-order valence-electron chi connectivity index (χ1n) is 4.27. The van der Waals surface area contributed by atoms with Gasteiger partial charge in [-0.05, 0) is 18.6 Å². The van der Waals surface area contributed by atoms with Gasteiger partial charge in [0.15, 0.2) is 11.5 Å². The summed E-state index contributed by atoms with van der Waals surface area (Å²) in [5.41, 5.74) is 6.60. The first-order chi connectivity index (χ1) is 6.60. The summed E-state index contributed by atoms with van der Waals surface area (Å²) in [4.78, 5) is 0. The Morgan fingerprint density at radius 3 is 2.14 bits per heavy atom. The highest BCUT2D eigenvalue weighted by molar-refractivity contribution is 6.31. The van der Waals surface area contributed by atoms with E-state index in [1.54, 1.807) is 26.4 Å². The minimum Gasteiger partial charge on any atom is -0.493 e. The second-order valence-electron chi connectivity index (χ2n) is 3.02. The zero-order valence-corrected chi connectivity index (χ0v) is 9.26. The molecule has 0 fully saturated rings. The molecule has 0 saturated heterocycles. The maximum absolute atomic E-state index is 6.02. The highest BCUT2D eigenvalue weighted by atomic mass is 35.5. The molecule has 0 aliphatic heterocycles. The van der Waals surface area contributed by atoms with Crippen LogP contribution in [0.25, 0.3) is 0 Å². The summed E-state index contributed by atoms with van der Waals surface area (Å²) >= 11 is 6.02. The fraction of sp³-hybridized carbons (Fsp3) is 0.400. The van der Waals surface area contributed by atoms with Crippen molar-refractivity contribution in [1.82, 2.24) is 0 Å². The van der Waals surface area contributed by atoms with E-state index in [0.29, 0.717) is 16.5 Å². The molecule has 0 radical (unpaired) electrons. The Labute approximate surface area is 88.8 Å². The van der Waals surface area contributed by atoms with E-state index in [0.717, 1.165) is 5.56 Å². The molecule has 78 valence electrons. The lowest BCUT2D eigenvalue weighted by Gasteiger charge is -2.13. The van der Waals surface area contributed by atoms with Gasteiger partial charge in [-0.25, -0.2) is 0 Å². The van der Waals surface area contributed by atoms with E-state index in [4.69, 9.17) is 26.8 Å². The minimum atomic E-state index is -0.123. The van der Waals surface area contributed by atoms with Crippen LogP contribution in [0.3, 0.4) is 0 Å². The third-order valence-electron chi connectivity index (χ3n) is 1.99. The Bertz CT molecular complexity index is 326. The molecule has 0 aromatic heterocycles. The molecule has 0 aliphatic carbocycles. The fourth-order valence-corrected chi connectivity index (χ4v) is 1.54. The summed E-state index contributed by atoms with van der Waals surface area (Å²) in [7, 11) is 3.15. The summed E-state index contributed by atoms with van der Waals surface area (Å²) in [5.74, 6) is 1.26. The van der Waals surface area contributed by atoms with Gasteiger partial charge < -0.3 is 15.2 Å². The summed E-state index contributed by atoms with van der Waals surface area (Å²) in [5, 5.41) is 0.595. The quantitative estimate of drug-likeness (QED) is 0.842. The van der Waals surface area contributed by atoms with E-state index >= 15 is 0 Å². The van der Waals surface area contributed by atoms with Crippen LogP contribution in [0.1, 0.15) is 18.5 Å². The van der Waals surface area contributed by atoms with Gasteiger partial charge in [-0.15, -0.1) is 0 Å². The molecule has 1 aromatic carbocycles. The minimum absolute atomic E-state index is 0.123. The average molecular weight is 216 g/mol. The van der Waals surface area contributed by atoms with Crippen LogP contribution >= 0.6 is 11.6 Å². The topological polar surface area (TPSA) is 44.5 Å². The van der Waals surface area contributed by atoms with Crippen molar-refractivity contribution in [3.05, 3.63) is 22.7 Å². The molecular weight excluding hydrogens is 202 g/mol. The van der Waals surface area contributed by atoms with E-state index in [-0.39, 0.29) is 6.04 Å². The van der Waals surface area contributed by atoms with Crippen LogP contribution in [0.4, 0.5) is 0 Å². The second kappa shape index (κ2) is 4.53. The Morgan fingerprint density at radius 2 is 1.71 bits per heavy atom. The van der Waals surface area contributed by atoms with Crippen molar-refractivity contribution in [2.45, 2.75) is 13.0 Å². The molecule has 0 unspecified atom stereocenters. The number of ether oxygens (including phenoxy) is 2. The number of nitrogens with two attached hydrogens (primary N) is 1. The highest BCUT2D eigenvalue weighted by Crippen LogP contribution is 2.34. The normalized spacial score (nSPS) is 12.4. The molecule has 0 heterocycles. The predicted octanol–water partition coefficient (Wildman–Crippen LogP) is 2.38. The van der Waals surface area contributed by atoms with E-state index in [2.05, 4.69) is 0 Å². The SMILES string of the molecule is COc1cc(Cl)c([C@H](C)N)cc1OC. The van der Waals surface area contributed by atoms with Crippen molar-refractivity contribution in [2.75, 3.05) is 14.2 Å². The zero-order chi connectivity index (χ0) is 10.7. The van der Waals surface area contributed by atoms with Gasteiger partial charge in [-0.1, -0.05) is 11.6 Å². The van der Waals surface area contributed by atoms with Crippen LogP contribution in [0, 0.1) is 0 Å². The molecule has 0 spiro atoms. The maximum Gasteiger partial charge on any atom is 0.162 e. The van der Waals surface area contributed by atoms with Crippen molar-refractivity contribution < 1.29 is 9.47 Å². The van der Waals surface area contributed by atoms with Crippen LogP contribution in [-0.4, -0.2) is 14.2 Å². The number of hydrogen-bond donors (Lipinski definition) is 1. The standard InChI is InChI=1S/C10H14ClNO2/c1-6(12)7-4-9(13-2)10(14-3)5-8(7)11/h4-6H,12H2,1-3H3/t6-/m0/s1. The van der Waals surface area contributed by atoms with E-state index in [1.807, 2.05) is 6.92 Å². The van der Waals surface area contributed by atoms with Gasteiger partial charge >= 0.3 is 0 Å². The Balaban J connectivity index is 3.23. The molecule has 4 heteroatoms. The van der Waals surface area contributed by atoms with Crippen LogP contribution in [0.2, 0.25) is 5.02 Å². The summed E-state index contributed by atoms with van der Waals surface area (Å²) in [6, 6.07) is 3.38. The zero-order valence-electron chi connectivity index (χ0n) is 8.50. The molecule has 14 heavy (non-hydrogen) atoms. The fourth-order valence-electron chi connectivity index (χ4n) is 1.22. The Hall–Kier alpha value is -0.930. The van der Waals surface area contributed by atoms with Crippen molar-refractivity contribution in [3.8, 4) is 11.5 Å². The van der Waals surface area contributed by atoms with Crippen LogP contribution in [0.15, 0.2) is 12.1 Å². The molecule has 0 aliphatic rings. The van der Waals surface area contributed by atoms with Gasteiger partial charge in [0.25, 0.3) is 0 Å². The first kappa shape index (κ1) is 11.1. The lowest BCUT2D eigenvalue weighted by Crippen LogP contribution is -2.06. The summed E-state index contributed by atoms with van der Waals surface area (Å²) in [6.45, 7) is 1.87. The van der Waals surface area contributed by atoms with Gasteiger partial charge in [0.1, 0.15) is 0 Å². The van der Waals surface area contributed by atoms with Crippen molar-refractivity contribution >= 4 is 11.6 Å². The van der Waals surface area contributed by atoms with Crippen molar-refractivity contribution in [2.24, 2.45) is 5.73 Å². The molecule has 0 bridgehead atoms. The largest absolute Gasteiger partial charge is 0.493 e. The van der Waals surface area contributed by atoms with Gasteiger partial charge in [-0.3, -0.25) is 0 Å². The molecular formula is C10H14ClNO2. The number of rotatable bonds is 3. The number of methoxy groups -OCH3 is 2. The third-order valence-corrected chi connectivity index (χ3v) is 2.32. The summed E-state index contributed by atoms with van der Waals surface area (Å²) < 4.78 is 10.2. The maximum atomic E-state index is 6.02. The smallest absolute Gasteiger partial charge is 0.162 e. The lowest BCUT2D eigenvalue weighted by atomic mass is 10.1. The van der Waals surface area contributed by atoms with Crippen molar-refractivity contribution in [3.63, 3.8) is 0 Å². The molecule has 0 amide bonds. The average Bonchev–Trinajstić information content (AvgIpc) is 2.16. The Kier molecular flexibility index (Phi) is 3.61. The van der Waals surface area contributed by atoms with Crippen LogP contribution in [-0.2, 0) is 0 Å². The molecule has 1 rings (SSSR count). The number of hydrogen-bond acceptors (Lipinski definition) is 3. The molecule has 3 nitrogen and oxygen atoms in total. The predicted molar refractivity (Wildman–Crippen MR) is 57.2 cm³/mol. The molecule has 0 saturated carbocycles. The number of halogens is 1.